The van der Waals surface area contributed by atoms with E-state index in [1.165, 1.54) is 0 Å². The molecule has 4 heteroatoms. The van der Waals surface area contributed by atoms with E-state index < -0.39 is 11.8 Å². The van der Waals surface area contributed by atoms with E-state index in [1.54, 1.807) is 26.0 Å². The molecule has 4 nitrogen and oxygen atoms in total. The highest BCUT2D eigenvalue weighted by molar-refractivity contribution is 6.25. The van der Waals surface area contributed by atoms with Crippen molar-refractivity contribution in [2.45, 2.75) is 13.8 Å². The molecule has 1 aromatic rings. The molecular formula is C17H16O4. The summed E-state index contributed by atoms with van der Waals surface area (Å²) >= 11 is 0. The number of Topliss-reactive ketones (excluding diaryl/α,β-unsaturated/α-hetero) is 1. The topological polar surface area (TPSA) is 52.6 Å². The van der Waals surface area contributed by atoms with Crippen molar-refractivity contribution in [3.8, 4) is 0 Å². The van der Waals surface area contributed by atoms with Crippen molar-refractivity contribution in [1.29, 1.82) is 0 Å². The van der Waals surface area contributed by atoms with Crippen molar-refractivity contribution in [1.82, 2.24) is 0 Å². The average Bonchev–Trinajstić information content (AvgIpc) is 2.75. The van der Waals surface area contributed by atoms with Crippen LogP contribution in [0.25, 0.3) is 6.08 Å². The fraction of sp³-hybridized carbons (Fsp3) is 0.176. The van der Waals surface area contributed by atoms with Gasteiger partial charge in [0.1, 0.15) is 11.3 Å². The highest BCUT2D eigenvalue weighted by Crippen LogP contribution is 2.25. The zero-order valence-electron chi connectivity index (χ0n) is 12.0. The Bertz CT molecular complexity index is 636. The first kappa shape index (κ1) is 14.8. The number of benzene rings is 1. The van der Waals surface area contributed by atoms with E-state index in [2.05, 4.69) is 0 Å². The second kappa shape index (κ2) is 6.70. The molecule has 108 valence electrons. The maximum atomic E-state index is 12.1. The summed E-state index contributed by atoms with van der Waals surface area (Å²) in [6, 6.07) is 9.67. The summed E-state index contributed by atoms with van der Waals surface area (Å²) in [5, 5.41) is 0. The van der Waals surface area contributed by atoms with Gasteiger partial charge >= 0.3 is 5.97 Å². The number of carbonyl (C=O) groups is 2. The molecule has 0 fully saturated rings. The summed E-state index contributed by atoms with van der Waals surface area (Å²) in [5.41, 5.74) is 0.978. The van der Waals surface area contributed by atoms with Gasteiger partial charge in [-0.1, -0.05) is 42.5 Å². The van der Waals surface area contributed by atoms with Gasteiger partial charge in [-0.25, -0.2) is 4.79 Å². The standard InChI is InChI=1S/C17H16O4/c1-3-20-17(19)15-12(2)21-14(16(15)18)11-7-10-13-8-5-4-6-9-13/h4-11H,3H2,1-2H3/b10-7-,14-11+. The molecule has 0 amide bonds. The van der Waals surface area contributed by atoms with E-state index >= 15 is 0 Å². The number of hydrogen-bond acceptors (Lipinski definition) is 4. The van der Waals surface area contributed by atoms with Gasteiger partial charge in [-0.15, -0.1) is 0 Å². The molecule has 2 rings (SSSR count). The van der Waals surface area contributed by atoms with Crippen molar-refractivity contribution in [3.63, 3.8) is 0 Å². The number of allylic oxidation sites excluding steroid dienone is 4. The molecule has 0 unspecified atom stereocenters. The normalized spacial score (nSPS) is 16.7. The molecule has 0 atom stereocenters. The van der Waals surface area contributed by atoms with Crippen LogP contribution in [0.1, 0.15) is 19.4 Å². The summed E-state index contributed by atoms with van der Waals surface area (Å²) in [4.78, 5) is 23.8. The fourth-order valence-electron chi connectivity index (χ4n) is 1.91. The lowest BCUT2D eigenvalue weighted by atomic mass is 10.1. The molecule has 1 aliphatic heterocycles. The first-order valence-corrected chi connectivity index (χ1v) is 6.67. The molecule has 1 aliphatic rings. The number of esters is 1. The van der Waals surface area contributed by atoms with Crippen molar-refractivity contribution in [2.24, 2.45) is 0 Å². The van der Waals surface area contributed by atoms with E-state index in [0.717, 1.165) is 5.56 Å². The smallest absolute Gasteiger partial charge is 0.345 e. The Labute approximate surface area is 123 Å². The van der Waals surface area contributed by atoms with Gasteiger partial charge in [0.05, 0.1) is 6.61 Å². The summed E-state index contributed by atoms with van der Waals surface area (Å²) in [6.07, 6.45) is 5.11. The van der Waals surface area contributed by atoms with E-state index in [9.17, 15) is 9.59 Å². The van der Waals surface area contributed by atoms with Crippen LogP contribution in [0.3, 0.4) is 0 Å². The van der Waals surface area contributed by atoms with Crippen LogP contribution >= 0.6 is 0 Å². The SMILES string of the molecule is CCOC(=O)C1=C(C)O/C(=C/C=C\c2ccccc2)C1=O. The Morgan fingerprint density at radius 1 is 1.29 bits per heavy atom. The van der Waals surface area contributed by atoms with Gasteiger partial charge in [0.15, 0.2) is 5.76 Å². The zero-order valence-corrected chi connectivity index (χ0v) is 12.0. The lowest BCUT2D eigenvalue weighted by Crippen LogP contribution is -2.14. The van der Waals surface area contributed by atoms with Crippen molar-refractivity contribution >= 4 is 17.8 Å². The third-order valence-corrected chi connectivity index (χ3v) is 2.88. The Balaban J connectivity index is 2.11. The Morgan fingerprint density at radius 3 is 2.67 bits per heavy atom. The minimum Gasteiger partial charge on any atom is -0.462 e. The second-order valence-corrected chi connectivity index (χ2v) is 4.38. The van der Waals surface area contributed by atoms with Crippen LogP contribution in [-0.2, 0) is 19.1 Å². The maximum absolute atomic E-state index is 12.1. The van der Waals surface area contributed by atoms with Crippen LogP contribution in [0.5, 0.6) is 0 Å². The average molecular weight is 284 g/mol. The van der Waals surface area contributed by atoms with E-state index in [1.807, 2.05) is 36.4 Å². The molecule has 0 saturated carbocycles. The summed E-state index contributed by atoms with van der Waals surface area (Å²) < 4.78 is 10.2. The molecule has 1 aromatic carbocycles. The number of carbonyl (C=O) groups excluding carboxylic acids is 2. The molecule has 21 heavy (non-hydrogen) atoms. The van der Waals surface area contributed by atoms with Crippen LogP contribution in [0, 0.1) is 0 Å². The molecule has 0 aromatic heterocycles. The van der Waals surface area contributed by atoms with Crippen LogP contribution in [0.2, 0.25) is 0 Å². The summed E-state index contributed by atoms with van der Waals surface area (Å²) in [7, 11) is 0. The molecular weight excluding hydrogens is 268 g/mol. The van der Waals surface area contributed by atoms with E-state index in [4.69, 9.17) is 9.47 Å². The van der Waals surface area contributed by atoms with Crippen LogP contribution < -0.4 is 0 Å². The Morgan fingerprint density at radius 2 is 2.00 bits per heavy atom. The first-order chi connectivity index (χ1) is 10.1. The van der Waals surface area contributed by atoms with Gasteiger partial charge in [-0.2, -0.15) is 0 Å². The van der Waals surface area contributed by atoms with Gasteiger partial charge in [-0.05, 0) is 25.5 Å². The van der Waals surface area contributed by atoms with Gasteiger partial charge in [-0.3, -0.25) is 4.79 Å². The number of hydrogen-bond donors (Lipinski definition) is 0. The molecule has 0 aliphatic carbocycles. The quantitative estimate of drug-likeness (QED) is 0.484. The Hall–Kier alpha value is -2.62. The van der Waals surface area contributed by atoms with Gasteiger partial charge < -0.3 is 9.47 Å². The maximum Gasteiger partial charge on any atom is 0.345 e. The van der Waals surface area contributed by atoms with Crippen molar-refractivity contribution < 1.29 is 19.1 Å². The Kier molecular flexibility index (Phi) is 4.72. The van der Waals surface area contributed by atoms with Crippen LogP contribution in [0.4, 0.5) is 0 Å². The number of rotatable bonds is 4. The largest absolute Gasteiger partial charge is 0.462 e. The van der Waals surface area contributed by atoms with Crippen LogP contribution in [-0.4, -0.2) is 18.4 Å². The predicted octanol–water partition coefficient (Wildman–Crippen LogP) is 3.02. The zero-order chi connectivity index (χ0) is 15.2. The monoisotopic (exact) mass is 284 g/mol. The van der Waals surface area contributed by atoms with Gasteiger partial charge in [0.2, 0.25) is 5.78 Å². The minimum absolute atomic E-state index is 0.0313. The molecule has 0 saturated heterocycles. The predicted molar refractivity (Wildman–Crippen MR) is 79.0 cm³/mol. The molecule has 0 bridgehead atoms. The second-order valence-electron chi connectivity index (χ2n) is 4.38. The lowest BCUT2D eigenvalue weighted by molar-refractivity contribution is -0.139. The van der Waals surface area contributed by atoms with Crippen molar-refractivity contribution in [3.05, 3.63) is 65.1 Å². The number of ether oxygens (including phenoxy) is 2. The first-order valence-electron chi connectivity index (χ1n) is 6.67. The fourth-order valence-corrected chi connectivity index (χ4v) is 1.91. The minimum atomic E-state index is -0.643. The molecule has 0 N–H and O–H groups in total. The van der Waals surface area contributed by atoms with Crippen molar-refractivity contribution in [2.75, 3.05) is 6.61 Å². The van der Waals surface area contributed by atoms with Crippen LogP contribution in [0.15, 0.2) is 59.6 Å². The third-order valence-electron chi connectivity index (χ3n) is 2.88. The summed E-state index contributed by atoms with van der Waals surface area (Å²) in [6.45, 7) is 3.48. The molecule has 0 radical (unpaired) electrons. The molecule has 1 heterocycles. The number of ketones is 1. The van der Waals surface area contributed by atoms with E-state index in [0.29, 0.717) is 0 Å². The third kappa shape index (κ3) is 3.48. The van der Waals surface area contributed by atoms with Gasteiger partial charge in [0.25, 0.3) is 0 Å². The highest BCUT2D eigenvalue weighted by atomic mass is 16.5. The lowest BCUT2D eigenvalue weighted by Gasteiger charge is -1.99. The van der Waals surface area contributed by atoms with E-state index in [-0.39, 0.29) is 23.7 Å². The molecule has 0 spiro atoms. The highest BCUT2D eigenvalue weighted by Gasteiger charge is 2.33. The van der Waals surface area contributed by atoms with Gasteiger partial charge in [0, 0.05) is 0 Å². The summed E-state index contributed by atoms with van der Waals surface area (Å²) in [5.74, 6) is -0.681.